The molecule has 0 saturated carbocycles. The van der Waals surface area contributed by atoms with Crippen molar-refractivity contribution in [2.45, 2.75) is 33.1 Å². The van der Waals surface area contributed by atoms with E-state index in [9.17, 15) is 0 Å². The smallest absolute Gasteiger partial charge is 0.0943 e. The fourth-order valence-corrected chi connectivity index (χ4v) is 0.719. The van der Waals surface area contributed by atoms with Gasteiger partial charge < -0.3 is 0 Å². The fourth-order valence-electron chi connectivity index (χ4n) is 0.719. The van der Waals surface area contributed by atoms with Crippen LogP contribution in [0.1, 0.15) is 33.1 Å². The van der Waals surface area contributed by atoms with Crippen molar-refractivity contribution >= 4 is 0 Å². The van der Waals surface area contributed by atoms with Gasteiger partial charge >= 0.3 is 0 Å². The summed E-state index contributed by atoms with van der Waals surface area (Å²) in [7, 11) is 0. The van der Waals surface area contributed by atoms with Crippen LogP contribution in [0.4, 0.5) is 0 Å². The van der Waals surface area contributed by atoms with E-state index in [0.717, 1.165) is 24.8 Å². The van der Waals surface area contributed by atoms with Gasteiger partial charge in [0.2, 0.25) is 0 Å². The highest BCUT2D eigenvalue weighted by Gasteiger charge is 1.89. The molecule has 0 aromatic rings. The molecule has 0 aliphatic carbocycles. The Hall–Kier alpha value is -0.770. The lowest BCUT2D eigenvalue weighted by Gasteiger charge is -1.90. The van der Waals surface area contributed by atoms with Crippen LogP contribution in [0, 0.1) is 11.3 Å². The Morgan fingerprint density at radius 2 is 2.22 bits per heavy atom. The number of rotatable bonds is 3. The van der Waals surface area contributed by atoms with Crippen LogP contribution in [0.15, 0.2) is 11.6 Å². The van der Waals surface area contributed by atoms with Crippen LogP contribution in [0.5, 0.6) is 0 Å². The Labute approximate surface area is 57.0 Å². The normalized spacial score (nSPS) is 11.0. The van der Waals surface area contributed by atoms with Gasteiger partial charge in [-0.2, -0.15) is 5.26 Å². The minimum atomic E-state index is 0.931. The molecule has 0 spiro atoms. The number of hydrogen-bond acceptors (Lipinski definition) is 1. The summed E-state index contributed by atoms with van der Waals surface area (Å²) in [5.41, 5.74) is 0.931. The lowest BCUT2D eigenvalue weighted by molar-refractivity contribution is 0.920. The second kappa shape index (κ2) is 5.37. The minimum absolute atomic E-state index is 0.931. The largest absolute Gasteiger partial charge is 0.193 e. The zero-order chi connectivity index (χ0) is 7.11. The second-order valence-corrected chi connectivity index (χ2v) is 2.00. The Balaban J connectivity index is 3.71. The summed E-state index contributed by atoms with van der Waals surface area (Å²) in [5.74, 6) is 0. The van der Waals surface area contributed by atoms with E-state index in [1.807, 2.05) is 13.0 Å². The van der Waals surface area contributed by atoms with Gasteiger partial charge in [0.15, 0.2) is 0 Å². The van der Waals surface area contributed by atoms with Crippen LogP contribution < -0.4 is 0 Å². The van der Waals surface area contributed by atoms with Gasteiger partial charge in [-0.05, 0) is 12.8 Å². The Bertz CT molecular complexity index is 128. The van der Waals surface area contributed by atoms with Crippen molar-refractivity contribution in [3.8, 4) is 6.07 Å². The first kappa shape index (κ1) is 8.23. The van der Waals surface area contributed by atoms with Crippen LogP contribution >= 0.6 is 0 Å². The Morgan fingerprint density at radius 3 is 2.56 bits per heavy atom. The van der Waals surface area contributed by atoms with Gasteiger partial charge in [0.25, 0.3) is 0 Å². The quantitative estimate of drug-likeness (QED) is 0.529. The Kier molecular flexibility index (Phi) is 4.91. The van der Waals surface area contributed by atoms with E-state index in [1.165, 1.54) is 0 Å². The molecule has 0 radical (unpaired) electrons. The third-order valence-corrected chi connectivity index (χ3v) is 1.11. The summed E-state index contributed by atoms with van der Waals surface area (Å²) >= 11 is 0. The topological polar surface area (TPSA) is 23.8 Å². The Morgan fingerprint density at radius 1 is 1.56 bits per heavy atom. The molecule has 0 aliphatic heterocycles. The summed E-state index contributed by atoms with van der Waals surface area (Å²) in [6.45, 7) is 4.13. The molecular weight excluding hydrogens is 110 g/mol. The monoisotopic (exact) mass is 123 g/mol. The standard InChI is InChI=1S/C8H13N/c1-3-5-8(7-9)6-4-2/h5H,3-4,6H2,1-2H3/b8-5+. The third-order valence-electron chi connectivity index (χ3n) is 1.11. The maximum absolute atomic E-state index is 8.47. The lowest BCUT2D eigenvalue weighted by Crippen LogP contribution is -1.76. The lowest BCUT2D eigenvalue weighted by atomic mass is 10.1. The van der Waals surface area contributed by atoms with Crippen molar-refractivity contribution in [3.63, 3.8) is 0 Å². The van der Waals surface area contributed by atoms with E-state index < -0.39 is 0 Å². The number of allylic oxidation sites excluding steroid dienone is 2. The molecule has 1 nitrogen and oxygen atoms in total. The molecule has 0 N–H and O–H groups in total. The average Bonchev–Trinajstić information content (AvgIpc) is 1.88. The van der Waals surface area contributed by atoms with E-state index in [4.69, 9.17) is 5.26 Å². The predicted octanol–water partition coefficient (Wildman–Crippen LogP) is 2.65. The van der Waals surface area contributed by atoms with Gasteiger partial charge in [0.05, 0.1) is 6.07 Å². The van der Waals surface area contributed by atoms with E-state index in [2.05, 4.69) is 13.0 Å². The molecule has 0 aliphatic rings. The summed E-state index contributed by atoms with van der Waals surface area (Å²) < 4.78 is 0. The zero-order valence-corrected chi connectivity index (χ0v) is 6.15. The molecule has 0 rings (SSSR count). The van der Waals surface area contributed by atoms with E-state index >= 15 is 0 Å². The van der Waals surface area contributed by atoms with Gasteiger partial charge in [-0.3, -0.25) is 0 Å². The van der Waals surface area contributed by atoms with E-state index in [1.54, 1.807) is 0 Å². The molecule has 50 valence electrons. The molecule has 9 heavy (non-hydrogen) atoms. The SMILES string of the molecule is CC/C=C(/C#N)CCC. The van der Waals surface area contributed by atoms with Gasteiger partial charge in [0, 0.05) is 5.57 Å². The average molecular weight is 123 g/mol. The highest BCUT2D eigenvalue weighted by Crippen LogP contribution is 2.03. The predicted molar refractivity (Wildman–Crippen MR) is 38.9 cm³/mol. The number of nitriles is 1. The van der Waals surface area contributed by atoms with Gasteiger partial charge in [-0.25, -0.2) is 0 Å². The number of hydrogen-bond donors (Lipinski definition) is 0. The molecule has 0 atom stereocenters. The second-order valence-electron chi connectivity index (χ2n) is 2.00. The molecular formula is C8H13N. The molecule has 0 aromatic carbocycles. The van der Waals surface area contributed by atoms with Gasteiger partial charge in [0.1, 0.15) is 0 Å². The molecule has 0 unspecified atom stereocenters. The van der Waals surface area contributed by atoms with Crippen molar-refractivity contribution < 1.29 is 0 Å². The number of nitrogens with zero attached hydrogens (tertiary/aromatic N) is 1. The highest BCUT2D eigenvalue weighted by atomic mass is 14.2. The maximum atomic E-state index is 8.47. The van der Waals surface area contributed by atoms with E-state index in [0.29, 0.717) is 0 Å². The van der Waals surface area contributed by atoms with Crippen LogP contribution in [-0.2, 0) is 0 Å². The summed E-state index contributed by atoms with van der Waals surface area (Å²) in [6.07, 6.45) is 4.97. The van der Waals surface area contributed by atoms with Crippen LogP contribution in [0.25, 0.3) is 0 Å². The van der Waals surface area contributed by atoms with Crippen molar-refractivity contribution in [3.05, 3.63) is 11.6 Å². The summed E-state index contributed by atoms with van der Waals surface area (Å²) in [6, 6.07) is 2.16. The molecule has 0 amide bonds. The van der Waals surface area contributed by atoms with Crippen LogP contribution in [0.2, 0.25) is 0 Å². The molecule has 0 fully saturated rings. The molecule has 0 bridgehead atoms. The van der Waals surface area contributed by atoms with Crippen molar-refractivity contribution in [2.24, 2.45) is 0 Å². The minimum Gasteiger partial charge on any atom is -0.193 e. The first-order valence-electron chi connectivity index (χ1n) is 3.44. The molecule has 0 heterocycles. The third kappa shape index (κ3) is 3.78. The molecule has 1 heteroatoms. The fraction of sp³-hybridized carbons (Fsp3) is 0.625. The first-order valence-corrected chi connectivity index (χ1v) is 3.44. The first-order chi connectivity index (χ1) is 4.35. The van der Waals surface area contributed by atoms with Crippen LogP contribution in [-0.4, -0.2) is 0 Å². The van der Waals surface area contributed by atoms with Crippen molar-refractivity contribution in [1.82, 2.24) is 0 Å². The summed E-state index contributed by atoms with van der Waals surface area (Å²) in [5, 5.41) is 8.47. The van der Waals surface area contributed by atoms with Gasteiger partial charge in [-0.15, -0.1) is 0 Å². The van der Waals surface area contributed by atoms with Gasteiger partial charge in [-0.1, -0.05) is 26.3 Å². The maximum Gasteiger partial charge on any atom is 0.0943 e. The highest BCUT2D eigenvalue weighted by molar-refractivity contribution is 5.19. The van der Waals surface area contributed by atoms with Crippen molar-refractivity contribution in [1.29, 1.82) is 5.26 Å². The molecule has 0 saturated heterocycles. The van der Waals surface area contributed by atoms with E-state index in [-0.39, 0.29) is 0 Å². The molecule has 0 aromatic heterocycles. The zero-order valence-electron chi connectivity index (χ0n) is 6.15. The summed E-state index contributed by atoms with van der Waals surface area (Å²) in [4.78, 5) is 0. The van der Waals surface area contributed by atoms with Crippen LogP contribution in [0.3, 0.4) is 0 Å². The van der Waals surface area contributed by atoms with Crippen molar-refractivity contribution in [2.75, 3.05) is 0 Å².